The number of nitrogens with one attached hydrogen (secondary N) is 1. The molecule has 2 aromatic rings. The van der Waals surface area contributed by atoms with E-state index in [-0.39, 0.29) is 6.04 Å². The predicted octanol–water partition coefficient (Wildman–Crippen LogP) is 3.45. The minimum atomic E-state index is -4.74. The molecule has 4 heterocycles. The molecule has 0 aromatic heterocycles. The number of hydrogen-bond acceptors (Lipinski definition) is 4. The van der Waals surface area contributed by atoms with Gasteiger partial charge in [0.1, 0.15) is 5.54 Å². The summed E-state index contributed by atoms with van der Waals surface area (Å²) >= 11 is 0. The fourth-order valence-electron chi connectivity index (χ4n) is 6.52. The number of para-hydroxylation sites is 2. The van der Waals surface area contributed by atoms with Gasteiger partial charge in [-0.25, -0.2) is 4.90 Å². The van der Waals surface area contributed by atoms with Crippen LogP contribution in [0.15, 0.2) is 42.5 Å². The second-order valence-corrected chi connectivity index (χ2v) is 9.15. The molecule has 1 spiro atoms. The first kappa shape index (κ1) is 20.4. The van der Waals surface area contributed by atoms with Crippen molar-refractivity contribution < 1.29 is 27.6 Å². The van der Waals surface area contributed by atoms with Crippen LogP contribution in [0.25, 0.3) is 0 Å². The maximum Gasteiger partial charge on any atom is 0.418 e. The average molecular weight is 455 g/mol. The van der Waals surface area contributed by atoms with Gasteiger partial charge in [-0.1, -0.05) is 30.3 Å². The van der Waals surface area contributed by atoms with E-state index in [4.69, 9.17) is 0 Å². The second-order valence-electron chi connectivity index (χ2n) is 9.15. The molecule has 2 aromatic carbocycles. The molecule has 1 N–H and O–H groups in total. The first-order valence-electron chi connectivity index (χ1n) is 10.9. The number of carbonyl (C=O) groups excluding carboxylic acids is 3. The van der Waals surface area contributed by atoms with Crippen molar-refractivity contribution in [2.45, 2.75) is 37.5 Å². The average Bonchev–Trinajstić information content (AvgIpc) is 3.47. The van der Waals surface area contributed by atoms with Crippen LogP contribution in [0.4, 0.5) is 24.5 Å². The topological polar surface area (TPSA) is 69.7 Å². The maximum atomic E-state index is 13.8. The lowest BCUT2D eigenvalue weighted by molar-refractivity contribution is -0.138. The van der Waals surface area contributed by atoms with E-state index < -0.39 is 52.5 Å². The zero-order valence-corrected chi connectivity index (χ0v) is 17.6. The van der Waals surface area contributed by atoms with Gasteiger partial charge in [0.2, 0.25) is 17.7 Å². The molecule has 6 nitrogen and oxygen atoms in total. The van der Waals surface area contributed by atoms with Crippen molar-refractivity contribution in [2.75, 3.05) is 16.8 Å². The summed E-state index contributed by atoms with van der Waals surface area (Å²) in [6, 6.07) is 9.65. The fraction of sp³-hybridized carbons (Fsp3) is 0.375. The van der Waals surface area contributed by atoms with Crippen molar-refractivity contribution in [3.05, 3.63) is 59.2 Å². The van der Waals surface area contributed by atoms with Gasteiger partial charge in [0.05, 0.1) is 23.1 Å². The van der Waals surface area contributed by atoms with E-state index in [2.05, 4.69) is 5.32 Å². The summed E-state index contributed by atoms with van der Waals surface area (Å²) in [5.41, 5.74) is -0.856. The van der Waals surface area contributed by atoms with Crippen molar-refractivity contribution >= 4 is 29.1 Å². The Hall–Kier alpha value is -3.20. The highest BCUT2D eigenvalue weighted by Crippen LogP contribution is 2.61. The number of rotatable bonds is 1. The first-order valence-corrected chi connectivity index (χ1v) is 10.9. The summed E-state index contributed by atoms with van der Waals surface area (Å²) in [7, 11) is 0. The van der Waals surface area contributed by atoms with Crippen molar-refractivity contribution in [2.24, 2.45) is 11.8 Å². The van der Waals surface area contributed by atoms with Crippen LogP contribution in [0.1, 0.15) is 29.5 Å². The number of nitrogens with zero attached hydrogens (tertiary/aromatic N) is 2. The molecule has 0 unspecified atom stereocenters. The summed E-state index contributed by atoms with van der Waals surface area (Å²) < 4.78 is 41.2. The monoisotopic (exact) mass is 455 g/mol. The van der Waals surface area contributed by atoms with E-state index >= 15 is 0 Å². The van der Waals surface area contributed by atoms with Crippen LogP contribution in [0, 0.1) is 18.8 Å². The van der Waals surface area contributed by atoms with Crippen LogP contribution >= 0.6 is 0 Å². The quantitative estimate of drug-likeness (QED) is 0.669. The molecule has 3 saturated heterocycles. The SMILES string of the molecule is Cc1cccc2c1NC(=O)[C@@]21[C@@H]2C(=O)N(c3ccccc3C(F)(F)F)C(=O)[C@H]2[C@@H]2CCCN21. The summed E-state index contributed by atoms with van der Waals surface area (Å²) in [5, 5.41) is 2.91. The number of amides is 3. The predicted molar refractivity (Wildman–Crippen MR) is 112 cm³/mol. The Bertz CT molecular complexity index is 1240. The zero-order valence-electron chi connectivity index (χ0n) is 17.6. The van der Waals surface area contributed by atoms with Crippen LogP contribution in [-0.4, -0.2) is 35.2 Å². The van der Waals surface area contributed by atoms with Gasteiger partial charge in [-0.15, -0.1) is 0 Å². The van der Waals surface area contributed by atoms with E-state index in [1.165, 1.54) is 12.1 Å². The molecule has 4 atom stereocenters. The minimum Gasteiger partial charge on any atom is -0.324 e. The van der Waals surface area contributed by atoms with Crippen molar-refractivity contribution in [3.8, 4) is 0 Å². The highest BCUT2D eigenvalue weighted by Gasteiger charge is 2.74. The molecule has 170 valence electrons. The molecule has 3 amide bonds. The molecule has 6 rings (SSSR count). The number of alkyl halides is 3. The Morgan fingerprint density at radius 1 is 1.03 bits per heavy atom. The Morgan fingerprint density at radius 3 is 2.55 bits per heavy atom. The van der Waals surface area contributed by atoms with Crippen LogP contribution < -0.4 is 10.2 Å². The normalized spacial score (nSPS) is 30.7. The third-order valence-corrected chi connectivity index (χ3v) is 7.69. The van der Waals surface area contributed by atoms with E-state index in [9.17, 15) is 27.6 Å². The summed E-state index contributed by atoms with van der Waals surface area (Å²) in [6.07, 6.45) is -3.39. The maximum absolute atomic E-state index is 13.8. The summed E-state index contributed by atoms with van der Waals surface area (Å²) in [5.74, 6) is -3.76. The van der Waals surface area contributed by atoms with Crippen LogP contribution in [0.3, 0.4) is 0 Å². The smallest absolute Gasteiger partial charge is 0.324 e. The van der Waals surface area contributed by atoms with Crippen LogP contribution in [-0.2, 0) is 26.1 Å². The molecular formula is C24H20F3N3O3. The highest BCUT2D eigenvalue weighted by atomic mass is 19.4. The van der Waals surface area contributed by atoms with Gasteiger partial charge in [-0.3, -0.25) is 19.3 Å². The van der Waals surface area contributed by atoms with Gasteiger partial charge in [-0.2, -0.15) is 13.2 Å². The molecule has 4 aliphatic heterocycles. The Balaban J connectivity index is 1.57. The molecule has 3 fully saturated rings. The molecule has 33 heavy (non-hydrogen) atoms. The number of imide groups is 1. The van der Waals surface area contributed by atoms with E-state index in [0.717, 1.165) is 24.1 Å². The number of carbonyl (C=O) groups is 3. The minimum absolute atomic E-state index is 0.383. The number of anilines is 2. The van der Waals surface area contributed by atoms with Crippen molar-refractivity contribution in [1.29, 1.82) is 0 Å². The third-order valence-electron chi connectivity index (χ3n) is 7.69. The third kappa shape index (κ3) is 2.35. The number of halogens is 3. The zero-order chi connectivity index (χ0) is 23.3. The lowest BCUT2D eigenvalue weighted by Crippen LogP contribution is -2.54. The molecule has 9 heteroatoms. The van der Waals surface area contributed by atoms with Gasteiger partial charge in [0, 0.05) is 17.3 Å². The molecule has 0 saturated carbocycles. The number of aryl methyl sites for hydroxylation is 1. The molecule has 4 aliphatic rings. The molecular weight excluding hydrogens is 435 g/mol. The standard InChI is InChI=1S/C24H20F3N3O3/c1-12-6-4-8-14-19(12)28-22(33)23(14)18-17(16-10-5-11-29(16)23)20(31)30(21(18)32)15-9-3-2-7-13(15)24(25,26)27/h2-4,6-9,16-18H,5,10-11H2,1H3,(H,28,33)/t16-,17-,18-,23-/m0/s1. The van der Waals surface area contributed by atoms with E-state index in [1.807, 2.05) is 17.9 Å². The lowest BCUT2D eigenvalue weighted by Gasteiger charge is -2.36. The molecule has 0 radical (unpaired) electrons. The second kappa shape index (κ2) is 6.44. The number of fused-ring (bicyclic) bond motifs is 7. The largest absolute Gasteiger partial charge is 0.418 e. The highest BCUT2D eigenvalue weighted by molar-refractivity contribution is 6.26. The van der Waals surface area contributed by atoms with Crippen molar-refractivity contribution in [1.82, 2.24) is 4.90 Å². The number of hydrogen-bond donors (Lipinski definition) is 1. The first-order chi connectivity index (χ1) is 15.7. The van der Waals surface area contributed by atoms with Gasteiger partial charge < -0.3 is 5.32 Å². The number of benzene rings is 2. The fourth-order valence-corrected chi connectivity index (χ4v) is 6.52. The van der Waals surface area contributed by atoms with Crippen molar-refractivity contribution in [3.63, 3.8) is 0 Å². The summed E-state index contributed by atoms with van der Waals surface area (Å²) in [6.45, 7) is 2.39. The Kier molecular flexibility index (Phi) is 3.98. The van der Waals surface area contributed by atoms with Gasteiger partial charge >= 0.3 is 6.18 Å². The van der Waals surface area contributed by atoms with Gasteiger partial charge in [-0.05, 0) is 44.0 Å². The van der Waals surface area contributed by atoms with Gasteiger partial charge in [0.15, 0.2) is 0 Å². The van der Waals surface area contributed by atoms with Gasteiger partial charge in [0.25, 0.3) is 0 Å². The molecule has 0 bridgehead atoms. The lowest BCUT2D eigenvalue weighted by atomic mass is 9.75. The van der Waals surface area contributed by atoms with Crippen LogP contribution in [0.2, 0.25) is 0 Å². The Morgan fingerprint density at radius 2 is 1.79 bits per heavy atom. The molecule has 0 aliphatic carbocycles. The summed E-state index contributed by atoms with van der Waals surface area (Å²) in [4.78, 5) is 43.7. The Labute approximate surface area is 187 Å². The van der Waals surface area contributed by atoms with Crippen LogP contribution in [0.5, 0.6) is 0 Å². The van der Waals surface area contributed by atoms with E-state index in [0.29, 0.717) is 29.1 Å². The van der Waals surface area contributed by atoms with E-state index in [1.54, 1.807) is 12.1 Å².